The molecule has 2 nitrogen and oxygen atoms in total. The summed E-state index contributed by atoms with van der Waals surface area (Å²) in [6, 6.07) is 1.07. The summed E-state index contributed by atoms with van der Waals surface area (Å²) in [5.41, 5.74) is 5.62. The van der Waals surface area contributed by atoms with Crippen molar-refractivity contribution in [1.29, 1.82) is 0 Å². The van der Waals surface area contributed by atoms with Crippen LogP contribution in [-0.2, 0) is 6.42 Å². The van der Waals surface area contributed by atoms with Gasteiger partial charge >= 0.3 is 0 Å². The maximum atomic E-state index is 13.5. The third kappa shape index (κ3) is 2.92. The fourth-order valence-electron chi connectivity index (χ4n) is 1.52. The minimum Gasteiger partial charge on any atom is -0.495 e. The Labute approximate surface area is 102 Å². The Bertz CT molecular complexity index is 371. The van der Waals surface area contributed by atoms with E-state index in [1.54, 1.807) is 0 Å². The third-order valence-corrected chi connectivity index (χ3v) is 2.89. The van der Waals surface area contributed by atoms with E-state index in [1.165, 1.54) is 7.11 Å². The number of benzene rings is 1. The smallest absolute Gasteiger partial charge is 0.165 e. The van der Waals surface area contributed by atoms with Crippen LogP contribution in [-0.4, -0.2) is 13.7 Å². The maximum Gasteiger partial charge on any atom is 0.165 e. The highest BCUT2D eigenvalue weighted by Crippen LogP contribution is 2.33. The van der Waals surface area contributed by atoms with Crippen molar-refractivity contribution in [3.8, 4) is 5.75 Å². The van der Waals surface area contributed by atoms with Crippen LogP contribution in [0.2, 0.25) is 0 Å². The first kappa shape index (κ1) is 13.4. The van der Waals surface area contributed by atoms with Crippen molar-refractivity contribution in [1.82, 2.24) is 0 Å². The van der Waals surface area contributed by atoms with E-state index < -0.39 is 11.6 Å². The summed E-state index contributed by atoms with van der Waals surface area (Å²) in [5, 5.41) is 0. The summed E-state index contributed by atoms with van der Waals surface area (Å²) in [6.07, 6.45) is 1.90. The predicted molar refractivity (Wildman–Crippen MR) is 62.6 cm³/mol. The lowest BCUT2D eigenvalue weighted by molar-refractivity contribution is 0.394. The van der Waals surface area contributed by atoms with Gasteiger partial charge in [0.2, 0.25) is 0 Å². The van der Waals surface area contributed by atoms with Gasteiger partial charge in [0.1, 0.15) is 5.75 Å². The first-order valence-electron chi connectivity index (χ1n) is 5.02. The average Bonchev–Trinajstić information content (AvgIpc) is 2.25. The molecule has 0 radical (unpaired) electrons. The van der Waals surface area contributed by atoms with Crippen LogP contribution in [0.15, 0.2) is 10.5 Å². The minimum atomic E-state index is -0.865. The van der Waals surface area contributed by atoms with Crippen molar-refractivity contribution in [2.45, 2.75) is 19.3 Å². The normalized spacial score (nSPS) is 10.6. The van der Waals surface area contributed by atoms with E-state index in [0.717, 1.165) is 12.5 Å². The van der Waals surface area contributed by atoms with Gasteiger partial charge in [-0.1, -0.05) is 0 Å². The van der Waals surface area contributed by atoms with Gasteiger partial charge in [0, 0.05) is 5.56 Å². The maximum absolute atomic E-state index is 13.5. The molecule has 0 heterocycles. The third-order valence-electron chi connectivity index (χ3n) is 2.30. The fourth-order valence-corrected chi connectivity index (χ4v) is 2.12. The van der Waals surface area contributed by atoms with E-state index in [9.17, 15) is 8.78 Å². The van der Waals surface area contributed by atoms with Gasteiger partial charge in [-0.25, -0.2) is 8.78 Å². The van der Waals surface area contributed by atoms with E-state index in [4.69, 9.17) is 10.5 Å². The van der Waals surface area contributed by atoms with Crippen molar-refractivity contribution in [2.24, 2.45) is 5.73 Å². The zero-order valence-corrected chi connectivity index (χ0v) is 10.6. The molecule has 0 fully saturated rings. The lowest BCUT2D eigenvalue weighted by Crippen LogP contribution is -2.03. The van der Waals surface area contributed by atoms with Crippen molar-refractivity contribution < 1.29 is 13.5 Å². The van der Waals surface area contributed by atoms with Crippen LogP contribution in [0.4, 0.5) is 8.78 Å². The van der Waals surface area contributed by atoms with Crippen LogP contribution >= 0.6 is 15.9 Å². The number of hydrogen-bond donors (Lipinski definition) is 1. The van der Waals surface area contributed by atoms with Crippen molar-refractivity contribution in [2.75, 3.05) is 13.7 Å². The fraction of sp³-hybridized carbons (Fsp3) is 0.455. The summed E-state index contributed by atoms with van der Waals surface area (Å²) in [7, 11) is 1.43. The molecule has 0 saturated heterocycles. The van der Waals surface area contributed by atoms with Gasteiger partial charge in [-0.15, -0.1) is 0 Å². The van der Waals surface area contributed by atoms with Crippen LogP contribution in [0.5, 0.6) is 5.75 Å². The predicted octanol–water partition coefficient (Wildman–Crippen LogP) is 3.02. The molecule has 1 aromatic carbocycles. The molecular weight excluding hydrogens is 280 g/mol. The molecule has 5 heteroatoms. The second-order valence-electron chi connectivity index (χ2n) is 3.41. The Morgan fingerprint density at radius 2 is 2.06 bits per heavy atom. The second kappa shape index (κ2) is 6.15. The molecule has 0 spiro atoms. The van der Waals surface area contributed by atoms with Crippen molar-refractivity contribution in [3.63, 3.8) is 0 Å². The van der Waals surface area contributed by atoms with Crippen LogP contribution in [0.1, 0.15) is 18.4 Å². The van der Waals surface area contributed by atoms with Crippen LogP contribution in [0.25, 0.3) is 0 Å². The number of nitrogens with two attached hydrogens (primary N) is 1. The number of ether oxygens (including phenoxy) is 1. The van der Waals surface area contributed by atoms with E-state index in [2.05, 4.69) is 15.9 Å². The van der Waals surface area contributed by atoms with E-state index >= 15 is 0 Å². The molecule has 0 bridgehead atoms. The van der Waals surface area contributed by atoms with Gasteiger partial charge < -0.3 is 10.5 Å². The average molecular weight is 294 g/mol. The molecular formula is C11H14BrF2NO. The minimum absolute atomic E-state index is 0.267. The molecule has 0 unspecified atom stereocenters. The zero-order valence-electron chi connectivity index (χ0n) is 9.03. The van der Waals surface area contributed by atoms with Crippen molar-refractivity contribution >= 4 is 15.9 Å². The Hall–Kier alpha value is -0.680. The van der Waals surface area contributed by atoms with Gasteiger partial charge in [-0.2, -0.15) is 0 Å². The molecule has 0 aliphatic rings. The van der Waals surface area contributed by atoms with E-state index in [-0.39, 0.29) is 5.56 Å². The molecule has 0 aliphatic heterocycles. The summed E-state index contributed by atoms with van der Waals surface area (Å²) in [5.74, 6) is -1.34. The van der Waals surface area contributed by atoms with Gasteiger partial charge in [0.15, 0.2) is 11.6 Å². The summed E-state index contributed by atoms with van der Waals surface area (Å²) in [4.78, 5) is 0. The monoisotopic (exact) mass is 293 g/mol. The molecule has 0 saturated carbocycles. The topological polar surface area (TPSA) is 35.2 Å². The van der Waals surface area contributed by atoms with Crippen LogP contribution < -0.4 is 10.5 Å². The Balaban J connectivity index is 3.02. The SMILES string of the molecule is COc1c(Br)cc(F)c(F)c1CCCCN. The molecule has 0 aromatic heterocycles. The summed E-state index contributed by atoms with van der Waals surface area (Å²) < 4.78 is 32.2. The van der Waals surface area contributed by atoms with Gasteiger partial charge in [-0.05, 0) is 47.8 Å². The number of methoxy groups -OCH3 is 1. The second-order valence-corrected chi connectivity index (χ2v) is 4.27. The number of rotatable bonds is 5. The van der Waals surface area contributed by atoms with E-state index in [0.29, 0.717) is 29.6 Å². The number of halogens is 3. The van der Waals surface area contributed by atoms with Gasteiger partial charge in [-0.3, -0.25) is 0 Å². The molecule has 0 amide bonds. The standard InChI is InChI=1S/C11H14BrF2NO/c1-16-11-7(4-2-3-5-15)10(14)9(13)6-8(11)12/h6H,2-5,15H2,1H3. The summed E-state index contributed by atoms with van der Waals surface area (Å²) >= 11 is 3.14. The highest BCUT2D eigenvalue weighted by atomic mass is 79.9. The lowest BCUT2D eigenvalue weighted by Gasteiger charge is -2.12. The molecule has 90 valence electrons. The molecule has 1 rings (SSSR count). The molecule has 2 N–H and O–H groups in total. The summed E-state index contributed by atoms with van der Waals surface area (Å²) in [6.45, 7) is 0.542. The van der Waals surface area contributed by atoms with Gasteiger partial charge in [0.05, 0.1) is 11.6 Å². The molecule has 0 atom stereocenters. The van der Waals surface area contributed by atoms with Crippen molar-refractivity contribution in [3.05, 3.63) is 27.7 Å². The Morgan fingerprint density at radius 1 is 1.38 bits per heavy atom. The lowest BCUT2D eigenvalue weighted by atomic mass is 10.1. The molecule has 16 heavy (non-hydrogen) atoms. The van der Waals surface area contributed by atoms with Gasteiger partial charge in [0.25, 0.3) is 0 Å². The largest absolute Gasteiger partial charge is 0.495 e. The quantitative estimate of drug-likeness (QED) is 0.669. The zero-order chi connectivity index (χ0) is 12.1. The highest BCUT2D eigenvalue weighted by Gasteiger charge is 2.17. The van der Waals surface area contributed by atoms with E-state index in [1.807, 2.05) is 0 Å². The molecule has 1 aromatic rings. The first-order chi connectivity index (χ1) is 7.61. The van der Waals surface area contributed by atoms with Crippen LogP contribution in [0.3, 0.4) is 0 Å². The number of unbranched alkanes of at least 4 members (excludes halogenated alkanes) is 1. The number of hydrogen-bond acceptors (Lipinski definition) is 2. The molecule has 0 aliphatic carbocycles. The first-order valence-corrected chi connectivity index (χ1v) is 5.81. The van der Waals surface area contributed by atoms with Crippen LogP contribution in [0, 0.1) is 11.6 Å². The Morgan fingerprint density at radius 3 is 2.62 bits per heavy atom. The Kier molecular flexibility index (Phi) is 5.15. The highest BCUT2D eigenvalue weighted by molar-refractivity contribution is 9.10.